The van der Waals surface area contributed by atoms with E-state index in [4.69, 9.17) is 0 Å². The van der Waals surface area contributed by atoms with E-state index < -0.39 is 10.0 Å². The SMILES string of the molecule is Cc1ccc(S(=O)(=O)Nc2cccc(C(=O)N3CCCC(C(=O)NC(C)C)C3)c2)cc1C. The first-order valence-electron chi connectivity index (χ1n) is 10.9. The number of benzene rings is 2. The summed E-state index contributed by atoms with van der Waals surface area (Å²) in [6.45, 7) is 8.54. The highest BCUT2D eigenvalue weighted by Crippen LogP contribution is 2.22. The second-order valence-electron chi connectivity index (χ2n) is 8.69. The van der Waals surface area contributed by atoms with Gasteiger partial charge in [0.1, 0.15) is 0 Å². The summed E-state index contributed by atoms with van der Waals surface area (Å²) < 4.78 is 28.2. The van der Waals surface area contributed by atoms with Crippen LogP contribution in [0.25, 0.3) is 0 Å². The molecule has 1 atom stereocenters. The molecule has 1 saturated heterocycles. The topological polar surface area (TPSA) is 95.6 Å². The Labute approximate surface area is 190 Å². The third-order valence-electron chi connectivity index (χ3n) is 5.66. The highest BCUT2D eigenvalue weighted by molar-refractivity contribution is 7.92. The minimum atomic E-state index is -3.78. The van der Waals surface area contributed by atoms with E-state index in [-0.39, 0.29) is 28.7 Å². The van der Waals surface area contributed by atoms with Gasteiger partial charge in [-0.15, -0.1) is 0 Å². The van der Waals surface area contributed by atoms with E-state index in [0.29, 0.717) is 24.3 Å². The van der Waals surface area contributed by atoms with Crippen LogP contribution in [0.2, 0.25) is 0 Å². The molecule has 8 heteroatoms. The van der Waals surface area contributed by atoms with Crippen LogP contribution in [0.1, 0.15) is 48.2 Å². The quantitative estimate of drug-likeness (QED) is 0.694. The van der Waals surface area contributed by atoms with Crippen molar-refractivity contribution in [1.82, 2.24) is 10.2 Å². The highest BCUT2D eigenvalue weighted by Gasteiger charge is 2.29. The molecule has 32 heavy (non-hydrogen) atoms. The predicted octanol–water partition coefficient (Wildman–Crippen LogP) is 3.48. The average molecular weight is 458 g/mol. The van der Waals surface area contributed by atoms with Gasteiger partial charge in [0.05, 0.1) is 10.8 Å². The van der Waals surface area contributed by atoms with Crippen molar-refractivity contribution < 1.29 is 18.0 Å². The number of rotatable bonds is 6. The van der Waals surface area contributed by atoms with Crippen LogP contribution in [-0.4, -0.2) is 44.3 Å². The fraction of sp³-hybridized carbons (Fsp3) is 0.417. The third-order valence-corrected chi connectivity index (χ3v) is 7.04. The lowest BCUT2D eigenvalue weighted by atomic mass is 9.96. The van der Waals surface area contributed by atoms with Crippen molar-refractivity contribution in [2.45, 2.75) is 51.5 Å². The molecule has 1 heterocycles. The lowest BCUT2D eigenvalue weighted by Crippen LogP contribution is -2.46. The minimum absolute atomic E-state index is 0.0348. The Bertz CT molecular complexity index is 1110. The maximum absolute atomic E-state index is 13.1. The van der Waals surface area contributed by atoms with Gasteiger partial charge in [-0.05, 0) is 82.0 Å². The fourth-order valence-corrected chi connectivity index (χ4v) is 4.91. The number of anilines is 1. The van der Waals surface area contributed by atoms with Crippen LogP contribution in [0.3, 0.4) is 0 Å². The molecule has 0 bridgehead atoms. The van der Waals surface area contributed by atoms with Crippen LogP contribution < -0.4 is 10.0 Å². The molecule has 3 rings (SSSR count). The molecule has 0 saturated carbocycles. The van der Waals surface area contributed by atoms with E-state index in [2.05, 4.69) is 10.0 Å². The van der Waals surface area contributed by atoms with E-state index in [1.54, 1.807) is 47.4 Å². The van der Waals surface area contributed by atoms with Crippen molar-refractivity contribution >= 4 is 27.5 Å². The molecule has 0 aliphatic carbocycles. The van der Waals surface area contributed by atoms with Gasteiger partial charge in [-0.25, -0.2) is 8.42 Å². The van der Waals surface area contributed by atoms with Crippen LogP contribution in [0, 0.1) is 19.8 Å². The van der Waals surface area contributed by atoms with Crippen LogP contribution in [0.5, 0.6) is 0 Å². The summed E-state index contributed by atoms with van der Waals surface area (Å²) in [4.78, 5) is 27.3. The van der Waals surface area contributed by atoms with E-state index in [1.807, 2.05) is 27.7 Å². The van der Waals surface area contributed by atoms with Crippen molar-refractivity contribution in [3.8, 4) is 0 Å². The van der Waals surface area contributed by atoms with Crippen LogP contribution in [-0.2, 0) is 14.8 Å². The van der Waals surface area contributed by atoms with Gasteiger partial charge in [0.15, 0.2) is 0 Å². The number of carbonyl (C=O) groups excluding carboxylic acids is 2. The standard InChI is InChI=1S/C24H31N3O4S/c1-16(2)25-23(28)20-8-6-12-27(15-20)24(29)19-7-5-9-21(14-19)26-32(30,31)22-11-10-17(3)18(4)13-22/h5,7,9-11,13-14,16,20,26H,6,8,12,15H2,1-4H3,(H,25,28). The average Bonchev–Trinajstić information content (AvgIpc) is 2.74. The lowest BCUT2D eigenvalue weighted by molar-refractivity contribution is -0.126. The van der Waals surface area contributed by atoms with Crippen molar-refractivity contribution in [2.75, 3.05) is 17.8 Å². The molecular formula is C24H31N3O4S. The van der Waals surface area contributed by atoms with E-state index in [9.17, 15) is 18.0 Å². The van der Waals surface area contributed by atoms with E-state index in [0.717, 1.165) is 24.0 Å². The summed E-state index contributed by atoms with van der Waals surface area (Å²) in [7, 11) is -3.78. The summed E-state index contributed by atoms with van der Waals surface area (Å²) in [5.41, 5.74) is 2.60. The number of amides is 2. The molecule has 2 amide bonds. The third kappa shape index (κ3) is 5.68. The Morgan fingerprint density at radius 3 is 2.50 bits per heavy atom. The lowest BCUT2D eigenvalue weighted by Gasteiger charge is -2.32. The number of piperidine rings is 1. The highest BCUT2D eigenvalue weighted by atomic mass is 32.2. The molecule has 0 aromatic heterocycles. The monoisotopic (exact) mass is 457 g/mol. The van der Waals surface area contributed by atoms with Crippen LogP contribution in [0.15, 0.2) is 47.4 Å². The number of hydrogen-bond acceptors (Lipinski definition) is 4. The van der Waals surface area contributed by atoms with Gasteiger partial charge < -0.3 is 10.2 Å². The van der Waals surface area contributed by atoms with Crippen molar-refractivity contribution in [3.05, 3.63) is 59.2 Å². The van der Waals surface area contributed by atoms with Gasteiger partial charge in [0.25, 0.3) is 15.9 Å². The molecule has 172 valence electrons. The maximum atomic E-state index is 13.1. The minimum Gasteiger partial charge on any atom is -0.354 e. The number of sulfonamides is 1. The second kappa shape index (κ2) is 9.73. The Morgan fingerprint density at radius 2 is 1.81 bits per heavy atom. The zero-order chi connectivity index (χ0) is 23.5. The molecule has 2 aromatic rings. The molecule has 0 radical (unpaired) electrons. The first kappa shape index (κ1) is 23.8. The number of likely N-dealkylation sites (tertiary alicyclic amines) is 1. The normalized spacial score (nSPS) is 16.7. The summed E-state index contributed by atoms with van der Waals surface area (Å²) in [6, 6.07) is 11.5. The van der Waals surface area contributed by atoms with Crippen molar-refractivity contribution in [3.63, 3.8) is 0 Å². The molecule has 1 aliphatic rings. The first-order chi connectivity index (χ1) is 15.1. The first-order valence-corrected chi connectivity index (χ1v) is 12.3. The predicted molar refractivity (Wildman–Crippen MR) is 125 cm³/mol. The van der Waals surface area contributed by atoms with Crippen molar-refractivity contribution in [1.29, 1.82) is 0 Å². The van der Waals surface area contributed by atoms with E-state index >= 15 is 0 Å². The van der Waals surface area contributed by atoms with Gasteiger partial charge >= 0.3 is 0 Å². The molecule has 1 aliphatic heterocycles. The number of carbonyl (C=O) groups is 2. The number of nitrogens with one attached hydrogen (secondary N) is 2. The second-order valence-corrected chi connectivity index (χ2v) is 10.4. The maximum Gasteiger partial charge on any atom is 0.261 e. The Balaban J connectivity index is 1.74. The van der Waals surface area contributed by atoms with Gasteiger partial charge in [0.2, 0.25) is 5.91 Å². The smallest absolute Gasteiger partial charge is 0.261 e. The summed E-state index contributed by atoms with van der Waals surface area (Å²) in [6.07, 6.45) is 1.50. The van der Waals surface area contributed by atoms with E-state index in [1.165, 1.54) is 0 Å². The molecule has 2 N–H and O–H groups in total. The van der Waals surface area contributed by atoms with Crippen LogP contribution >= 0.6 is 0 Å². The van der Waals surface area contributed by atoms with Gasteiger partial charge in [-0.2, -0.15) is 0 Å². The zero-order valence-corrected chi connectivity index (χ0v) is 19.8. The van der Waals surface area contributed by atoms with Gasteiger partial charge in [-0.1, -0.05) is 12.1 Å². The molecule has 0 spiro atoms. The van der Waals surface area contributed by atoms with Crippen molar-refractivity contribution in [2.24, 2.45) is 5.92 Å². The number of aryl methyl sites for hydroxylation is 2. The molecular weight excluding hydrogens is 426 g/mol. The largest absolute Gasteiger partial charge is 0.354 e. The summed E-state index contributed by atoms with van der Waals surface area (Å²) >= 11 is 0. The zero-order valence-electron chi connectivity index (χ0n) is 19.0. The van der Waals surface area contributed by atoms with Gasteiger partial charge in [-0.3, -0.25) is 14.3 Å². The Hall–Kier alpha value is -2.87. The molecule has 1 fully saturated rings. The molecule has 7 nitrogen and oxygen atoms in total. The van der Waals surface area contributed by atoms with Gasteiger partial charge in [0, 0.05) is 30.4 Å². The Morgan fingerprint density at radius 1 is 1.06 bits per heavy atom. The Kier molecular flexibility index (Phi) is 7.23. The van der Waals surface area contributed by atoms with Crippen LogP contribution in [0.4, 0.5) is 5.69 Å². The molecule has 1 unspecified atom stereocenters. The number of hydrogen-bond donors (Lipinski definition) is 2. The summed E-state index contributed by atoms with van der Waals surface area (Å²) in [5, 5.41) is 2.92. The summed E-state index contributed by atoms with van der Waals surface area (Å²) in [5.74, 6) is -0.478. The fourth-order valence-electron chi connectivity index (χ4n) is 3.77. The molecule has 2 aromatic carbocycles. The number of nitrogens with zero attached hydrogens (tertiary/aromatic N) is 1.